The number of hydrogen-bond donors (Lipinski definition) is 2. The normalized spacial score (nSPS) is 23.5. The fraction of sp³-hybridized carbons (Fsp3) is 0.615. The SMILES string of the molecule is CNC(=O)C1(C)CCN(Cc2nc(C)cc(N)n2)C1. The zero-order valence-electron chi connectivity index (χ0n) is 11.7. The Morgan fingerprint density at radius 1 is 1.58 bits per heavy atom. The number of hydrogen-bond acceptors (Lipinski definition) is 5. The monoisotopic (exact) mass is 263 g/mol. The number of carbonyl (C=O) groups excluding carboxylic acids is 1. The first-order valence-electron chi connectivity index (χ1n) is 6.47. The highest BCUT2D eigenvalue weighted by molar-refractivity contribution is 5.82. The highest BCUT2D eigenvalue weighted by atomic mass is 16.2. The van der Waals surface area contributed by atoms with Crippen LogP contribution in [0.4, 0.5) is 5.82 Å². The van der Waals surface area contributed by atoms with Gasteiger partial charge in [0.1, 0.15) is 11.6 Å². The molecule has 0 aliphatic carbocycles. The van der Waals surface area contributed by atoms with E-state index in [0.29, 0.717) is 12.4 Å². The molecule has 1 amide bonds. The molecule has 1 aliphatic rings. The summed E-state index contributed by atoms with van der Waals surface area (Å²) >= 11 is 0. The second kappa shape index (κ2) is 5.13. The molecule has 6 nitrogen and oxygen atoms in total. The van der Waals surface area contributed by atoms with Crippen LogP contribution in [-0.2, 0) is 11.3 Å². The van der Waals surface area contributed by atoms with Gasteiger partial charge in [-0.1, -0.05) is 0 Å². The van der Waals surface area contributed by atoms with E-state index in [1.165, 1.54) is 0 Å². The average Bonchev–Trinajstić information content (AvgIpc) is 2.69. The van der Waals surface area contributed by atoms with Crippen LogP contribution in [0, 0.1) is 12.3 Å². The van der Waals surface area contributed by atoms with E-state index < -0.39 is 0 Å². The summed E-state index contributed by atoms with van der Waals surface area (Å²) in [5.41, 5.74) is 6.28. The van der Waals surface area contributed by atoms with E-state index in [0.717, 1.165) is 31.0 Å². The van der Waals surface area contributed by atoms with Gasteiger partial charge in [0.15, 0.2) is 0 Å². The second-order valence-electron chi connectivity index (χ2n) is 5.45. The van der Waals surface area contributed by atoms with Crippen molar-refractivity contribution in [3.8, 4) is 0 Å². The third-order valence-electron chi connectivity index (χ3n) is 3.61. The van der Waals surface area contributed by atoms with Gasteiger partial charge in [0, 0.05) is 25.4 Å². The first-order chi connectivity index (χ1) is 8.93. The number of nitrogens with two attached hydrogens (primary N) is 1. The van der Waals surface area contributed by atoms with E-state index in [4.69, 9.17) is 5.73 Å². The number of anilines is 1. The predicted octanol–water partition coefficient (Wildman–Crippen LogP) is 0.325. The molecule has 0 bridgehead atoms. The van der Waals surface area contributed by atoms with E-state index in [1.807, 2.05) is 13.8 Å². The number of likely N-dealkylation sites (tertiary alicyclic amines) is 1. The van der Waals surface area contributed by atoms with Crippen molar-refractivity contribution in [2.24, 2.45) is 5.41 Å². The Morgan fingerprint density at radius 2 is 2.32 bits per heavy atom. The van der Waals surface area contributed by atoms with E-state index in [9.17, 15) is 4.79 Å². The van der Waals surface area contributed by atoms with Crippen LogP contribution in [0.25, 0.3) is 0 Å². The molecular weight excluding hydrogens is 242 g/mol. The Bertz CT molecular complexity index is 470. The molecule has 1 fully saturated rings. The molecule has 2 heterocycles. The van der Waals surface area contributed by atoms with Crippen LogP contribution >= 0.6 is 0 Å². The minimum absolute atomic E-state index is 0.0969. The lowest BCUT2D eigenvalue weighted by Gasteiger charge is -2.22. The molecule has 0 spiro atoms. The first-order valence-corrected chi connectivity index (χ1v) is 6.47. The standard InChI is InChI=1S/C13H21N5O/c1-9-6-10(14)17-11(16-9)7-18-5-4-13(2,8-18)12(19)15-3/h6H,4-5,7-8H2,1-3H3,(H,15,19)(H2,14,16,17). The van der Waals surface area contributed by atoms with Gasteiger partial charge >= 0.3 is 0 Å². The number of aromatic nitrogens is 2. The molecule has 1 unspecified atom stereocenters. The summed E-state index contributed by atoms with van der Waals surface area (Å²) in [6, 6.07) is 1.75. The lowest BCUT2D eigenvalue weighted by Crippen LogP contribution is -2.39. The van der Waals surface area contributed by atoms with Crippen LogP contribution in [0.2, 0.25) is 0 Å². The van der Waals surface area contributed by atoms with Crippen molar-refractivity contribution in [2.75, 3.05) is 25.9 Å². The Morgan fingerprint density at radius 3 is 2.95 bits per heavy atom. The van der Waals surface area contributed by atoms with Gasteiger partial charge in [0.05, 0.1) is 12.0 Å². The predicted molar refractivity (Wildman–Crippen MR) is 73.2 cm³/mol. The van der Waals surface area contributed by atoms with E-state index in [-0.39, 0.29) is 11.3 Å². The fourth-order valence-electron chi connectivity index (χ4n) is 2.61. The molecule has 1 atom stereocenters. The number of nitrogens with one attached hydrogen (secondary N) is 1. The van der Waals surface area contributed by atoms with Crippen molar-refractivity contribution >= 4 is 11.7 Å². The van der Waals surface area contributed by atoms with Crippen molar-refractivity contribution in [3.63, 3.8) is 0 Å². The zero-order chi connectivity index (χ0) is 14.0. The molecule has 0 radical (unpaired) electrons. The van der Waals surface area contributed by atoms with Crippen LogP contribution in [0.15, 0.2) is 6.07 Å². The maximum Gasteiger partial charge on any atom is 0.227 e. The molecule has 1 aliphatic heterocycles. The summed E-state index contributed by atoms with van der Waals surface area (Å²) in [5.74, 6) is 1.31. The van der Waals surface area contributed by atoms with Crippen molar-refractivity contribution < 1.29 is 4.79 Å². The van der Waals surface area contributed by atoms with E-state index in [2.05, 4.69) is 20.2 Å². The topological polar surface area (TPSA) is 84.1 Å². The van der Waals surface area contributed by atoms with Gasteiger partial charge in [0.2, 0.25) is 5.91 Å². The molecule has 0 aromatic carbocycles. The van der Waals surface area contributed by atoms with Crippen molar-refractivity contribution in [2.45, 2.75) is 26.8 Å². The number of carbonyl (C=O) groups is 1. The van der Waals surface area contributed by atoms with Gasteiger partial charge < -0.3 is 11.1 Å². The van der Waals surface area contributed by atoms with Crippen LogP contribution in [0.5, 0.6) is 0 Å². The number of nitrogens with zero attached hydrogens (tertiary/aromatic N) is 3. The van der Waals surface area contributed by atoms with Gasteiger partial charge in [-0.25, -0.2) is 9.97 Å². The Kier molecular flexibility index (Phi) is 3.71. The molecule has 3 N–H and O–H groups in total. The molecule has 19 heavy (non-hydrogen) atoms. The molecule has 0 saturated carbocycles. The van der Waals surface area contributed by atoms with Crippen molar-refractivity contribution in [1.29, 1.82) is 0 Å². The van der Waals surface area contributed by atoms with Gasteiger partial charge in [0.25, 0.3) is 0 Å². The van der Waals surface area contributed by atoms with Gasteiger partial charge in [-0.3, -0.25) is 9.69 Å². The summed E-state index contributed by atoms with van der Waals surface area (Å²) in [5, 5.41) is 2.73. The Balaban J connectivity index is 2.04. The zero-order valence-corrected chi connectivity index (χ0v) is 11.7. The lowest BCUT2D eigenvalue weighted by atomic mass is 9.89. The molecule has 2 rings (SSSR count). The largest absolute Gasteiger partial charge is 0.384 e. The number of rotatable bonds is 3. The van der Waals surface area contributed by atoms with E-state index in [1.54, 1.807) is 13.1 Å². The molecule has 1 aromatic rings. The second-order valence-corrected chi connectivity index (χ2v) is 5.45. The number of aryl methyl sites for hydroxylation is 1. The molecule has 6 heteroatoms. The summed E-state index contributed by atoms with van der Waals surface area (Å²) < 4.78 is 0. The Hall–Kier alpha value is -1.69. The van der Waals surface area contributed by atoms with Crippen molar-refractivity contribution in [1.82, 2.24) is 20.2 Å². The average molecular weight is 263 g/mol. The number of nitrogen functional groups attached to an aromatic ring is 1. The maximum atomic E-state index is 11.9. The molecular formula is C13H21N5O. The highest BCUT2D eigenvalue weighted by Crippen LogP contribution is 2.30. The molecule has 1 aromatic heterocycles. The smallest absolute Gasteiger partial charge is 0.227 e. The van der Waals surface area contributed by atoms with Gasteiger partial charge in [-0.2, -0.15) is 0 Å². The Labute approximate surface area is 113 Å². The van der Waals surface area contributed by atoms with Crippen LogP contribution in [0.3, 0.4) is 0 Å². The fourth-order valence-corrected chi connectivity index (χ4v) is 2.61. The van der Waals surface area contributed by atoms with Crippen LogP contribution < -0.4 is 11.1 Å². The summed E-state index contributed by atoms with van der Waals surface area (Å²) in [4.78, 5) is 22.7. The minimum Gasteiger partial charge on any atom is -0.384 e. The number of amides is 1. The minimum atomic E-state index is -0.315. The van der Waals surface area contributed by atoms with Crippen LogP contribution in [0.1, 0.15) is 24.9 Å². The van der Waals surface area contributed by atoms with Crippen LogP contribution in [-0.4, -0.2) is 40.9 Å². The van der Waals surface area contributed by atoms with Gasteiger partial charge in [-0.15, -0.1) is 0 Å². The molecule has 1 saturated heterocycles. The third-order valence-corrected chi connectivity index (χ3v) is 3.61. The molecule has 104 valence electrons. The summed E-state index contributed by atoms with van der Waals surface area (Å²) in [6.45, 7) is 6.14. The summed E-state index contributed by atoms with van der Waals surface area (Å²) in [6.07, 6.45) is 0.855. The highest BCUT2D eigenvalue weighted by Gasteiger charge is 2.39. The van der Waals surface area contributed by atoms with E-state index >= 15 is 0 Å². The lowest BCUT2D eigenvalue weighted by molar-refractivity contribution is -0.129. The van der Waals surface area contributed by atoms with Crippen molar-refractivity contribution in [3.05, 3.63) is 17.6 Å². The quantitative estimate of drug-likeness (QED) is 0.820. The first kappa shape index (κ1) is 13.7. The third kappa shape index (κ3) is 3.01. The maximum absolute atomic E-state index is 11.9. The summed E-state index contributed by atoms with van der Waals surface area (Å²) in [7, 11) is 1.68. The van der Waals surface area contributed by atoms with Gasteiger partial charge in [-0.05, 0) is 26.8 Å².